The molecule has 1 amide bonds. The molecule has 0 spiro atoms. The van der Waals surface area contributed by atoms with E-state index in [0.29, 0.717) is 12.2 Å². The van der Waals surface area contributed by atoms with Crippen LogP contribution in [0.2, 0.25) is 0 Å². The standard InChI is InChI=1S/C16H20N2O3/c1-16(2,3)21-15(19)18-13-7-4-6-12(10-13)17-11-14-8-5-9-20-14/h4-10,17H,11H2,1-3H3,(H,18,19). The lowest BCUT2D eigenvalue weighted by molar-refractivity contribution is 0.0636. The summed E-state index contributed by atoms with van der Waals surface area (Å²) in [5, 5.41) is 5.93. The Hall–Kier alpha value is -2.43. The summed E-state index contributed by atoms with van der Waals surface area (Å²) >= 11 is 0. The van der Waals surface area contributed by atoms with E-state index in [9.17, 15) is 4.79 Å². The highest BCUT2D eigenvalue weighted by molar-refractivity contribution is 5.85. The third kappa shape index (κ3) is 5.22. The predicted octanol–water partition coefficient (Wildman–Crippen LogP) is 4.24. The van der Waals surface area contributed by atoms with Gasteiger partial charge in [0.15, 0.2) is 0 Å². The summed E-state index contributed by atoms with van der Waals surface area (Å²) in [6, 6.07) is 11.2. The zero-order valence-electron chi connectivity index (χ0n) is 12.5. The Bertz CT molecular complexity index is 586. The zero-order chi connectivity index (χ0) is 15.3. The number of anilines is 2. The van der Waals surface area contributed by atoms with Crippen LogP contribution in [0.5, 0.6) is 0 Å². The number of benzene rings is 1. The van der Waals surface area contributed by atoms with Crippen molar-refractivity contribution < 1.29 is 13.9 Å². The van der Waals surface area contributed by atoms with Gasteiger partial charge in [0, 0.05) is 11.4 Å². The van der Waals surface area contributed by atoms with E-state index in [2.05, 4.69) is 10.6 Å². The van der Waals surface area contributed by atoms with Gasteiger partial charge in [0.05, 0.1) is 12.8 Å². The molecule has 5 heteroatoms. The molecule has 2 rings (SSSR count). The molecule has 2 aromatic rings. The van der Waals surface area contributed by atoms with Gasteiger partial charge in [-0.1, -0.05) is 6.07 Å². The molecule has 0 unspecified atom stereocenters. The normalized spacial score (nSPS) is 11.0. The molecule has 1 aromatic heterocycles. The molecule has 112 valence electrons. The van der Waals surface area contributed by atoms with Crippen molar-refractivity contribution in [3.05, 3.63) is 48.4 Å². The molecule has 0 saturated heterocycles. The Kier molecular flexibility index (Phi) is 4.52. The number of hydrogen-bond acceptors (Lipinski definition) is 4. The number of hydrogen-bond donors (Lipinski definition) is 2. The minimum atomic E-state index is -0.515. The predicted molar refractivity (Wildman–Crippen MR) is 82.3 cm³/mol. The maximum Gasteiger partial charge on any atom is 0.412 e. The summed E-state index contributed by atoms with van der Waals surface area (Å²) in [4.78, 5) is 11.7. The Morgan fingerprint density at radius 3 is 2.62 bits per heavy atom. The Morgan fingerprint density at radius 1 is 1.19 bits per heavy atom. The third-order valence-corrected chi connectivity index (χ3v) is 2.55. The van der Waals surface area contributed by atoms with Crippen LogP contribution in [-0.2, 0) is 11.3 Å². The summed E-state index contributed by atoms with van der Waals surface area (Å²) in [6.07, 6.45) is 1.17. The first-order valence-electron chi connectivity index (χ1n) is 6.79. The van der Waals surface area contributed by atoms with Crippen LogP contribution >= 0.6 is 0 Å². The van der Waals surface area contributed by atoms with Gasteiger partial charge in [-0.25, -0.2) is 4.79 Å². The Labute approximate surface area is 124 Å². The molecule has 0 fully saturated rings. The van der Waals surface area contributed by atoms with E-state index < -0.39 is 11.7 Å². The molecule has 21 heavy (non-hydrogen) atoms. The van der Waals surface area contributed by atoms with Crippen molar-refractivity contribution in [2.24, 2.45) is 0 Å². The summed E-state index contributed by atoms with van der Waals surface area (Å²) in [7, 11) is 0. The van der Waals surface area contributed by atoms with Gasteiger partial charge in [-0.3, -0.25) is 5.32 Å². The van der Waals surface area contributed by atoms with Crippen LogP contribution in [-0.4, -0.2) is 11.7 Å². The van der Waals surface area contributed by atoms with Crippen LogP contribution in [0.25, 0.3) is 0 Å². The molecule has 0 saturated carbocycles. The molecule has 0 atom stereocenters. The minimum absolute atomic E-state index is 0.467. The topological polar surface area (TPSA) is 63.5 Å². The van der Waals surface area contributed by atoms with E-state index in [1.165, 1.54) is 0 Å². The largest absolute Gasteiger partial charge is 0.467 e. The first-order chi connectivity index (χ1) is 9.92. The molecule has 0 aliphatic heterocycles. The molecule has 0 aliphatic carbocycles. The number of ether oxygens (including phenoxy) is 1. The van der Waals surface area contributed by atoms with Crippen molar-refractivity contribution in [2.45, 2.75) is 32.9 Å². The third-order valence-electron chi connectivity index (χ3n) is 2.55. The van der Waals surface area contributed by atoms with Gasteiger partial charge >= 0.3 is 6.09 Å². The van der Waals surface area contributed by atoms with Gasteiger partial charge in [0.1, 0.15) is 11.4 Å². The Morgan fingerprint density at radius 2 is 1.95 bits per heavy atom. The van der Waals surface area contributed by atoms with Crippen molar-refractivity contribution in [1.29, 1.82) is 0 Å². The first kappa shape index (κ1) is 15.0. The highest BCUT2D eigenvalue weighted by Crippen LogP contribution is 2.17. The van der Waals surface area contributed by atoms with Crippen molar-refractivity contribution >= 4 is 17.5 Å². The molecule has 0 aliphatic rings. The highest BCUT2D eigenvalue weighted by Gasteiger charge is 2.16. The van der Waals surface area contributed by atoms with Gasteiger partial charge < -0.3 is 14.5 Å². The van der Waals surface area contributed by atoms with Gasteiger partial charge in [-0.15, -0.1) is 0 Å². The van der Waals surface area contributed by atoms with Crippen molar-refractivity contribution in [3.8, 4) is 0 Å². The van der Waals surface area contributed by atoms with Gasteiger partial charge in [0.2, 0.25) is 0 Å². The fraction of sp³-hybridized carbons (Fsp3) is 0.312. The lowest BCUT2D eigenvalue weighted by Gasteiger charge is -2.19. The average molecular weight is 288 g/mol. The van der Waals surface area contributed by atoms with Crippen molar-refractivity contribution in [3.63, 3.8) is 0 Å². The SMILES string of the molecule is CC(C)(C)OC(=O)Nc1cccc(NCc2ccco2)c1. The molecule has 1 heterocycles. The lowest BCUT2D eigenvalue weighted by atomic mass is 10.2. The van der Waals surface area contributed by atoms with Gasteiger partial charge in [0.25, 0.3) is 0 Å². The average Bonchev–Trinajstić information content (AvgIpc) is 2.87. The lowest BCUT2D eigenvalue weighted by Crippen LogP contribution is -2.27. The van der Waals surface area contributed by atoms with E-state index in [4.69, 9.17) is 9.15 Å². The second kappa shape index (κ2) is 6.35. The van der Waals surface area contributed by atoms with Crippen molar-refractivity contribution in [1.82, 2.24) is 0 Å². The maximum atomic E-state index is 11.7. The first-order valence-corrected chi connectivity index (χ1v) is 6.79. The quantitative estimate of drug-likeness (QED) is 0.883. The molecule has 0 radical (unpaired) electrons. The van der Waals surface area contributed by atoms with E-state index in [1.807, 2.05) is 57.2 Å². The van der Waals surface area contributed by atoms with Crippen LogP contribution in [0.1, 0.15) is 26.5 Å². The molecule has 0 bridgehead atoms. The van der Waals surface area contributed by atoms with E-state index in [0.717, 1.165) is 11.4 Å². The second-order valence-electron chi connectivity index (χ2n) is 5.64. The van der Waals surface area contributed by atoms with Crippen LogP contribution in [0.3, 0.4) is 0 Å². The molecule has 2 N–H and O–H groups in total. The number of amides is 1. The number of rotatable bonds is 4. The number of nitrogens with one attached hydrogen (secondary N) is 2. The smallest absolute Gasteiger partial charge is 0.412 e. The molecule has 5 nitrogen and oxygen atoms in total. The van der Waals surface area contributed by atoms with Crippen LogP contribution in [0.15, 0.2) is 47.1 Å². The zero-order valence-corrected chi connectivity index (χ0v) is 12.5. The highest BCUT2D eigenvalue weighted by atomic mass is 16.6. The number of carbonyl (C=O) groups excluding carboxylic acids is 1. The molecular formula is C16H20N2O3. The summed E-state index contributed by atoms with van der Waals surface area (Å²) in [5.74, 6) is 0.848. The van der Waals surface area contributed by atoms with Crippen LogP contribution in [0.4, 0.5) is 16.2 Å². The fourth-order valence-corrected chi connectivity index (χ4v) is 1.73. The fourth-order valence-electron chi connectivity index (χ4n) is 1.73. The minimum Gasteiger partial charge on any atom is -0.467 e. The van der Waals surface area contributed by atoms with Crippen LogP contribution in [0, 0.1) is 0 Å². The molecule has 1 aromatic carbocycles. The summed E-state index contributed by atoms with van der Waals surface area (Å²) < 4.78 is 10.5. The van der Waals surface area contributed by atoms with Crippen molar-refractivity contribution in [2.75, 3.05) is 10.6 Å². The summed E-state index contributed by atoms with van der Waals surface area (Å²) in [6.45, 7) is 6.07. The second-order valence-corrected chi connectivity index (χ2v) is 5.64. The Balaban J connectivity index is 1.92. The maximum absolute atomic E-state index is 11.7. The summed E-state index contributed by atoms with van der Waals surface area (Å²) in [5.41, 5.74) is 1.05. The monoisotopic (exact) mass is 288 g/mol. The van der Waals surface area contributed by atoms with E-state index >= 15 is 0 Å². The van der Waals surface area contributed by atoms with Crippen LogP contribution < -0.4 is 10.6 Å². The number of carbonyl (C=O) groups is 1. The molecular weight excluding hydrogens is 268 g/mol. The van der Waals surface area contributed by atoms with Gasteiger partial charge in [-0.05, 0) is 51.1 Å². The van der Waals surface area contributed by atoms with Gasteiger partial charge in [-0.2, -0.15) is 0 Å². The van der Waals surface area contributed by atoms with E-state index in [-0.39, 0.29) is 0 Å². The number of furan rings is 1. The van der Waals surface area contributed by atoms with E-state index in [1.54, 1.807) is 6.26 Å².